The van der Waals surface area contributed by atoms with Crippen molar-refractivity contribution in [3.05, 3.63) is 54.1 Å². The summed E-state index contributed by atoms with van der Waals surface area (Å²) in [6.07, 6.45) is 5.70. The fraction of sp³-hybridized carbons (Fsp3) is 0.316. The van der Waals surface area contributed by atoms with Gasteiger partial charge in [-0.05, 0) is 54.8 Å². The van der Waals surface area contributed by atoms with Crippen molar-refractivity contribution in [3.63, 3.8) is 0 Å². The molecular weight excluding hydrogens is 304 g/mol. The van der Waals surface area contributed by atoms with Gasteiger partial charge in [0, 0.05) is 21.5 Å². The van der Waals surface area contributed by atoms with Crippen LogP contribution in [0.4, 0.5) is 11.4 Å². The molecule has 0 saturated heterocycles. The van der Waals surface area contributed by atoms with Gasteiger partial charge in [0.05, 0.1) is 6.42 Å². The number of benzene rings is 2. The molecule has 1 aliphatic carbocycles. The highest BCUT2D eigenvalue weighted by atomic mass is 32.2. The molecule has 0 bridgehead atoms. The molecule has 0 atom stereocenters. The Labute approximate surface area is 141 Å². The van der Waals surface area contributed by atoms with Crippen molar-refractivity contribution < 1.29 is 4.79 Å². The van der Waals surface area contributed by atoms with Crippen LogP contribution < -0.4 is 11.1 Å². The van der Waals surface area contributed by atoms with Gasteiger partial charge in [-0.2, -0.15) is 0 Å². The smallest absolute Gasteiger partial charge is 0.228 e. The summed E-state index contributed by atoms with van der Waals surface area (Å²) < 4.78 is 0. The molecule has 3 N–H and O–H groups in total. The molecule has 0 spiro atoms. The van der Waals surface area contributed by atoms with Crippen LogP contribution in [0.1, 0.15) is 31.2 Å². The van der Waals surface area contributed by atoms with Crippen molar-refractivity contribution in [2.24, 2.45) is 0 Å². The summed E-state index contributed by atoms with van der Waals surface area (Å²) in [5, 5.41) is 3.70. The zero-order valence-electron chi connectivity index (χ0n) is 13.1. The summed E-state index contributed by atoms with van der Waals surface area (Å²) in [5.41, 5.74) is 8.19. The third-order valence-corrected chi connectivity index (χ3v) is 5.41. The molecule has 0 aliphatic heterocycles. The predicted molar refractivity (Wildman–Crippen MR) is 97.7 cm³/mol. The molecule has 1 amide bonds. The number of amides is 1. The number of nitrogens with two attached hydrogens (primary N) is 1. The van der Waals surface area contributed by atoms with Gasteiger partial charge in [0.15, 0.2) is 0 Å². The second-order valence-corrected chi connectivity index (χ2v) is 7.39. The summed E-state index contributed by atoms with van der Waals surface area (Å²) in [7, 11) is 0. The zero-order valence-corrected chi connectivity index (χ0v) is 13.9. The van der Waals surface area contributed by atoms with Crippen LogP contribution >= 0.6 is 11.8 Å². The standard InChI is InChI=1S/C19H22N2OS/c20-15-5-3-4-14(12-15)13-19(22)21-16-8-10-18(11-9-16)23-17-6-1-2-7-17/h3-5,8-12,17H,1-2,6-7,13,20H2,(H,21,22). The Balaban J connectivity index is 1.54. The number of anilines is 2. The summed E-state index contributed by atoms with van der Waals surface area (Å²) in [6.45, 7) is 0. The normalized spacial score (nSPS) is 14.8. The Morgan fingerprint density at radius 2 is 1.87 bits per heavy atom. The van der Waals surface area contributed by atoms with Gasteiger partial charge in [0.25, 0.3) is 0 Å². The van der Waals surface area contributed by atoms with Crippen molar-refractivity contribution in [2.45, 2.75) is 42.2 Å². The maximum atomic E-state index is 12.1. The quantitative estimate of drug-likeness (QED) is 0.796. The van der Waals surface area contributed by atoms with Gasteiger partial charge in [-0.15, -0.1) is 11.8 Å². The van der Waals surface area contributed by atoms with Gasteiger partial charge in [-0.3, -0.25) is 4.79 Å². The monoisotopic (exact) mass is 326 g/mol. The molecule has 2 aromatic rings. The molecule has 0 unspecified atom stereocenters. The number of thioether (sulfide) groups is 1. The lowest BCUT2D eigenvalue weighted by molar-refractivity contribution is -0.115. The third-order valence-electron chi connectivity index (χ3n) is 4.06. The largest absolute Gasteiger partial charge is 0.399 e. The van der Waals surface area contributed by atoms with Gasteiger partial charge in [-0.25, -0.2) is 0 Å². The van der Waals surface area contributed by atoms with Crippen LogP contribution in [0.5, 0.6) is 0 Å². The molecule has 120 valence electrons. The first-order valence-corrected chi connectivity index (χ1v) is 8.98. The molecule has 1 aliphatic rings. The Bertz CT molecular complexity index is 663. The van der Waals surface area contributed by atoms with E-state index in [9.17, 15) is 4.79 Å². The predicted octanol–water partition coefficient (Wildman–Crippen LogP) is 4.48. The van der Waals surface area contributed by atoms with E-state index >= 15 is 0 Å². The Hall–Kier alpha value is -1.94. The number of nitrogen functional groups attached to an aromatic ring is 1. The van der Waals surface area contributed by atoms with E-state index in [2.05, 4.69) is 17.4 Å². The highest BCUT2D eigenvalue weighted by Crippen LogP contribution is 2.34. The van der Waals surface area contributed by atoms with E-state index in [1.165, 1.54) is 30.6 Å². The Kier molecular flexibility index (Phi) is 5.23. The van der Waals surface area contributed by atoms with Crippen molar-refractivity contribution >= 4 is 29.0 Å². The van der Waals surface area contributed by atoms with Crippen LogP contribution in [0.2, 0.25) is 0 Å². The third kappa shape index (κ3) is 4.76. The Morgan fingerprint density at radius 1 is 1.13 bits per heavy atom. The lowest BCUT2D eigenvalue weighted by Gasteiger charge is -2.10. The van der Waals surface area contributed by atoms with Gasteiger partial charge in [0.2, 0.25) is 5.91 Å². The van der Waals surface area contributed by atoms with Crippen molar-refractivity contribution in [1.82, 2.24) is 0 Å². The highest BCUT2D eigenvalue weighted by molar-refractivity contribution is 8.00. The van der Waals surface area contributed by atoms with E-state index < -0.39 is 0 Å². The first-order chi connectivity index (χ1) is 11.2. The summed E-state index contributed by atoms with van der Waals surface area (Å²) in [5.74, 6) is -0.0215. The van der Waals surface area contributed by atoms with E-state index in [0.29, 0.717) is 12.1 Å². The van der Waals surface area contributed by atoms with Gasteiger partial charge in [-0.1, -0.05) is 25.0 Å². The summed E-state index contributed by atoms with van der Waals surface area (Å²) in [4.78, 5) is 13.4. The minimum Gasteiger partial charge on any atom is -0.399 e. The van der Waals surface area contributed by atoms with E-state index in [1.807, 2.05) is 48.2 Å². The molecule has 3 nitrogen and oxygen atoms in total. The molecule has 1 saturated carbocycles. The number of carbonyl (C=O) groups is 1. The average molecular weight is 326 g/mol. The van der Waals surface area contributed by atoms with Crippen LogP contribution in [-0.2, 0) is 11.2 Å². The van der Waals surface area contributed by atoms with E-state index in [4.69, 9.17) is 5.73 Å². The SMILES string of the molecule is Nc1cccc(CC(=O)Nc2ccc(SC3CCCC3)cc2)c1. The number of carbonyl (C=O) groups excluding carboxylic acids is 1. The van der Waals surface area contributed by atoms with Crippen molar-refractivity contribution in [3.8, 4) is 0 Å². The first-order valence-electron chi connectivity index (χ1n) is 8.10. The summed E-state index contributed by atoms with van der Waals surface area (Å²) >= 11 is 1.96. The van der Waals surface area contributed by atoms with Crippen LogP contribution in [0.25, 0.3) is 0 Å². The van der Waals surface area contributed by atoms with Crippen LogP contribution in [0, 0.1) is 0 Å². The van der Waals surface area contributed by atoms with Gasteiger partial charge in [0.1, 0.15) is 0 Å². The number of hydrogen-bond donors (Lipinski definition) is 2. The number of hydrogen-bond acceptors (Lipinski definition) is 3. The van der Waals surface area contributed by atoms with Crippen LogP contribution in [-0.4, -0.2) is 11.2 Å². The fourth-order valence-corrected chi connectivity index (χ4v) is 4.16. The maximum absolute atomic E-state index is 12.1. The molecule has 2 aromatic carbocycles. The molecule has 1 fully saturated rings. The van der Waals surface area contributed by atoms with Crippen LogP contribution in [0.15, 0.2) is 53.4 Å². The number of rotatable bonds is 5. The topological polar surface area (TPSA) is 55.1 Å². The van der Waals surface area contributed by atoms with Gasteiger partial charge >= 0.3 is 0 Å². The lowest BCUT2D eigenvalue weighted by atomic mass is 10.1. The molecule has 3 rings (SSSR count). The fourth-order valence-electron chi connectivity index (χ4n) is 2.91. The molecule has 4 heteroatoms. The molecule has 0 radical (unpaired) electrons. The first kappa shape index (κ1) is 15.9. The van der Waals surface area contributed by atoms with Crippen molar-refractivity contribution in [1.29, 1.82) is 0 Å². The Morgan fingerprint density at radius 3 is 2.57 bits per heavy atom. The van der Waals surface area contributed by atoms with Crippen LogP contribution in [0.3, 0.4) is 0 Å². The van der Waals surface area contributed by atoms with E-state index in [0.717, 1.165) is 16.5 Å². The minimum atomic E-state index is -0.0215. The maximum Gasteiger partial charge on any atom is 0.228 e. The van der Waals surface area contributed by atoms with Gasteiger partial charge < -0.3 is 11.1 Å². The lowest BCUT2D eigenvalue weighted by Crippen LogP contribution is -2.14. The second kappa shape index (κ2) is 7.55. The zero-order chi connectivity index (χ0) is 16.1. The second-order valence-electron chi connectivity index (χ2n) is 6.02. The highest BCUT2D eigenvalue weighted by Gasteiger charge is 2.15. The van der Waals surface area contributed by atoms with E-state index in [-0.39, 0.29) is 5.91 Å². The summed E-state index contributed by atoms with van der Waals surface area (Å²) in [6, 6.07) is 15.6. The average Bonchev–Trinajstić information content (AvgIpc) is 3.02. The van der Waals surface area contributed by atoms with Crippen molar-refractivity contribution in [2.75, 3.05) is 11.1 Å². The van der Waals surface area contributed by atoms with E-state index in [1.54, 1.807) is 0 Å². The molecule has 0 aromatic heterocycles. The minimum absolute atomic E-state index is 0.0215. The molecular formula is C19H22N2OS. The molecule has 0 heterocycles. The molecule has 23 heavy (non-hydrogen) atoms. The number of nitrogens with one attached hydrogen (secondary N) is 1.